The molecule has 1 atom stereocenters. The van der Waals surface area contributed by atoms with Gasteiger partial charge in [0.1, 0.15) is 0 Å². The van der Waals surface area contributed by atoms with Gasteiger partial charge < -0.3 is 10.0 Å². The van der Waals surface area contributed by atoms with Crippen molar-refractivity contribution in [3.8, 4) is 0 Å². The molecular formula is C11H19NO2. The van der Waals surface area contributed by atoms with Crippen LogP contribution in [0.3, 0.4) is 0 Å². The van der Waals surface area contributed by atoms with Crippen molar-refractivity contribution >= 4 is 5.91 Å². The summed E-state index contributed by atoms with van der Waals surface area (Å²) in [6, 6.07) is 0.102. The molecule has 0 aromatic rings. The molecule has 1 aliphatic carbocycles. The Bertz CT molecular complexity index is 213. The van der Waals surface area contributed by atoms with Gasteiger partial charge in [-0.15, -0.1) is 0 Å². The molecule has 0 spiro atoms. The van der Waals surface area contributed by atoms with Crippen LogP contribution >= 0.6 is 0 Å². The molecule has 0 radical (unpaired) electrons. The van der Waals surface area contributed by atoms with Gasteiger partial charge in [-0.3, -0.25) is 4.79 Å². The molecule has 1 heterocycles. The van der Waals surface area contributed by atoms with Gasteiger partial charge >= 0.3 is 0 Å². The average Bonchev–Trinajstić information content (AvgIpc) is 3.03. The van der Waals surface area contributed by atoms with Crippen molar-refractivity contribution in [1.29, 1.82) is 0 Å². The summed E-state index contributed by atoms with van der Waals surface area (Å²) in [4.78, 5) is 13.8. The van der Waals surface area contributed by atoms with Gasteiger partial charge in [-0.2, -0.15) is 0 Å². The minimum atomic E-state index is 0.102. The van der Waals surface area contributed by atoms with Crippen molar-refractivity contribution in [2.75, 3.05) is 13.2 Å². The van der Waals surface area contributed by atoms with Crippen LogP contribution in [-0.4, -0.2) is 35.1 Å². The fourth-order valence-electron chi connectivity index (χ4n) is 2.22. The van der Waals surface area contributed by atoms with Crippen molar-refractivity contribution in [2.24, 2.45) is 5.92 Å². The lowest BCUT2D eigenvalue weighted by molar-refractivity contribution is -0.135. The summed E-state index contributed by atoms with van der Waals surface area (Å²) in [5, 5.41) is 9.24. The van der Waals surface area contributed by atoms with Crippen LogP contribution in [-0.2, 0) is 4.79 Å². The summed E-state index contributed by atoms with van der Waals surface area (Å²) < 4.78 is 0. The first-order valence-electron chi connectivity index (χ1n) is 5.74. The van der Waals surface area contributed by atoms with Gasteiger partial charge in [-0.05, 0) is 25.7 Å². The molecule has 3 nitrogen and oxygen atoms in total. The number of likely N-dealkylation sites (tertiary alicyclic amines) is 1. The van der Waals surface area contributed by atoms with Gasteiger partial charge in [0.15, 0.2) is 0 Å². The molecule has 80 valence electrons. The molecule has 0 aromatic heterocycles. The number of rotatable bonds is 2. The van der Waals surface area contributed by atoms with Crippen molar-refractivity contribution in [3.05, 3.63) is 0 Å². The van der Waals surface area contributed by atoms with E-state index >= 15 is 0 Å². The van der Waals surface area contributed by atoms with Crippen LogP contribution in [0.25, 0.3) is 0 Å². The molecule has 1 unspecified atom stereocenters. The second-order valence-electron chi connectivity index (χ2n) is 4.49. The van der Waals surface area contributed by atoms with E-state index in [2.05, 4.69) is 0 Å². The van der Waals surface area contributed by atoms with Gasteiger partial charge in [0, 0.05) is 12.5 Å². The van der Waals surface area contributed by atoms with Crippen LogP contribution < -0.4 is 0 Å². The molecule has 0 aromatic carbocycles. The maximum absolute atomic E-state index is 11.9. The van der Waals surface area contributed by atoms with E-state index < -0.39 is 0 Å². The lowest BCUT2D eigenvalue weighted by Gasteiger charge is -2.28. The Kier molecular flexibility index (Phi) is 3.06. The zero-order chi connectivity index (χ0) is 9.97. The number of hydrogen-bond donors (Lipinski definition) is 1. The van der Waals surface area contributed by atoms with Crippen molar-refractivity contribution in [3.63, 3.8) is 0 Å². The fraction of sp³-hybridized carbons (Fsp3) is 0.909. The Morgan fingerprint density at radius 3 is 2.64 bits per heavy atom. The second kappa shape index (κ2) is 4.30. The summed E-state index contributed by atoms with van der Waals surface area (Å²) in [6.07, 6.45) is 6.56. The van der Waals surface area contributed by atoms with E-state index in [1.54, 1.807) is 0 Å². The van der Waals surface area contributed by atoms with Crippen molar-refractivity contribution in [2.45, 2.75) is 44.6 Å². The summed E-state index contributed by atoms with van der Waals surface area (Å²) in [7, 11) is 0. The van der Waals surface area contributed by atoms with Crippen LogP contribution in [0.2, 0.25) is 0 Å². The van der Waals surface area contributed by atoms with E-state index in [1.807, 2.05) is 4.90 Å². The van der Waals surface area contributed by atoms with E-state index in [1.165, 1.54) is 6.42 Å². The number of amides is 1. The highest BCUT2D eigenvalue weighted by atomic mass is 16.3. The summed E-state index contributed by atoms with van der Waals surface area (Å²) in [6.45, 7) is 0.999. The second-order valence-corrected chi connectivity index (χ2v) is 4.49. The van der Waals surface area contributed by atoms with E-state index in [0.717, 1.165) is 38.6 Å². The van der Waals surface area contributed by atoms with E-state index in [0.29, 0.717) is 11.8 Å². The maximum atomic E-state index is 11.9. The molecule has 1 saturated heterocycles. The molecule has 14 heavy (non-hydrogen) atoms. The van der Waals surface area contributed by atoms with E-state index in [-0.39, 0.29) is 12.6 Å². The van der Waals surface area contributed by atoms with Gasteiger partial charge in [-0.1, -0.05) is 12.8 Å². The largest absolute Gasteiger partial charge is 0.394 e. The Morgan fingerprint density at radius 1 is 1.21 bits per heavy atom. The number of carbonyl (C=O) groups is 1. The first kappa shape index (κ1) is 9.97. The Balaban J connectivity index is 1.99. The number of carbonyl (C=O) groups excluding carboxylic acids is 1. The van der Waals surface area contributed by atoms with Gasteiger partial charge in [0.25, 0.3) is 0 Å². The highest BCUT2D eigenvalue weighted by molar-refractivity contribution is 5.81. The quantitative estimate of drug-likeness (QED) is 0.721. The van der Waals surface area contributed by atoms with Crippen LogP contribution in [0.4, 0.5) is 0 Å². The zero-order valence-electron chi connectivity index (χ0n) is 8.61. The Morgan fingerprint density at radius 2 is 2.00 bits per heavy atom. The summed E-state index contributed by atoms with van der Waals surface area (Å²) >= 11 is 0. The highest BCUT2D eigenvalue weighted by Gasteiger charge is 2.36. The van der Waals surface area contributed by atoms with Gasteiger partial charge in [0.2, 0.25) is 5.91 Å². The number of nitrogens with zero attached hydrogens (tertiary/aromatic N) is 1. The highest BCUT2D eigenvalue weighted by Crippen LogP contribution is 2.32. The third kappa shape index (κ3) is 2.08. The molecule has 3 heteroatoms. The molecule has 2 fully saturated rings. The Labute approximate surface area is 85.1 Å². The standard InChI is InChI=1S/C11H19NO2/c13-8-10-4-2-1-3-7-12(10)11(14)9-5-6-9/h9-10,13H,1-8H2. The number of aliphatic hydroxyl groups excluding tert-OH is 1. The van der Waals surface area contributed by atoms with E-state index in [9.17, 15) is 9.90 Å². The first-order valence-corrected chi connectivity index (χ1v) is 5.74. The first-order chi connectivity index (χ1) is 6.83. The molecule has 1 aliphatic heterocycles. The molecule has 0 bridgehead atoms. The van der Waals surface area contributed by atoms with Crippen LogP contribution in [0.5, 0.6) is 0 Å². The molecule has 2 aliphatic rings. The normalized spacial score (nSPS) is 28.6. The molecule has 1 N–H and O–H groups in total. The average molecular weight is 197 g/mol. The van der Waals surface area contributed by atoms with Crippen molar-refractivity contribution < 1.29 is 9.90 Å². The molecule has 1 saturated carbocycles. The lowest BCUT2D eigenvalue weighted by atomic mass is 10.1. The zero-order valence-corrected chi connectivity index (χ0v) is 8.61. The lowest BCUT2D eigenvalue weighted by Crippen LogP contribution is -2.42. The van der Waals surface area contributed by atoms with Gasteiger partial charge in [-0.25, -0.2) is 0 Å². The Hall–Kier alpha value is -0.570. The topological polar surface area (TPSA) is 40.5 Å². The smallest absolute Gasteiger partial charge is 0.226 e. The molecular weight excluding hydrogens is 178 g/mol. The molecule has 1 amide bonds. The fourth-order valence-corrected chi connectivity index (χ4v) is 2.22. The summed E-state index contributed by atoms with van der Waals surface area (Å²) in [5.41, 5.74) is 0. The number of aliphatic hydroxyl groups is 1. The minimum Gasteiger partial charge on any atom is -0.394 e. The van der Waals surface area contributed by atoms with Crippen LogP contribution in [0.15, 0.2) is 0 Å². The monoisotopic (exact) mass is 197 g/mol. The molecule has 2 rings (SSSR count). The third-order valence-electron chi connectivity index (χ3n) is 3.30. The maximum Gasteiger partial charge on any atom is 0.226 e. The van der Waals surface area contributed by atoms with Crippen LogP contribution in [0.1, 0.15) is 38.5 Å². The van der Waals surface area contributed by atoms with Crippen molar-refractivity contribution in [1.82, 2.24) is 4.90 Å². The van der Waals surface area contributed by atoms with E-state index in [4.69, 9.17) is 0 Å². The predicted octanol–water partition coefficient (Wildman–Crippen LogP) is 1.16. The minimum absolute atomic E-state index is 0.102. The van der Waals surface area contributed by atoms with Gasteiger partial charge in [0.05, 0.1) is 12.6 Å². The third-order valence-corrected chi connectivity index (χ3v) is 3.30. The van der Waals surface area contributed by atoms with Crippen LogP contribution in [0, 0.1) is 5.92 Å². The summed E-state index contributed by atoms with van der Waals surface area (Å²) in [5.74, 6) is 0.591. The number of hydrogen-bond acceptors (Lipinski definition) is 2. The SMILES string of the molecule is O=C(C1CC1)N1CCCCCC1CO. The predicted molar refractivity (Wildman–Crippen MR) is 53.8 cm³/mol.